The van der Waals surface area contributed by atoms with Crippen LogP contribution >= 0.6 is 15.9 Å². The maximum absolute atomic E-state index is 13.1. The van der Waals surface area contributed by atoms with E-state index in [0.29, 0.717) is 22.3 Å². The van der Waals surface area contributed by atoms with E-state index >= 15 is 0 Å². The molecule has 1 aliphatic rings. The summed E-state index contributed by atoms with van der Waals surface area (Å²) in [7, 11) is 1.54. The quantitative estimate of drug-likeness (QED) is 0.452. The number of halogens is 1. The number of methoxy groups -OCH3 is 1. The zero-order valence-electron chi connectivity index (χ0n) is 16.2. The highest BCUT2D eigenvalue weighted by atomic mass is 79.9. The number of carbonyl (C=O) groups is 2. The number of nitrogens with zero attached hydrogens (tertiary/aromatic N) is 2. The molecule has 9 nitrogen and oxygen atoms in total. The number of ether oxygens (including phenoxy) is 1. The molecule has 154 valence electrons. The standard InChI is InChI=1S/C20H19BrN6O3/c1-10-6-7-11(21)8-12(10)20(18(22)29)16(23-9-24-20)17(28)27-19-25-13-4-3-5-14(30-2)15(13)26-19/h3-8,24H,9H2,1-2H3,(H2,22,29)(H2,25,26,27,28). The van der Waals surface area contributed by atoms with Gasteiger partial charge in [-0.3, -0.25) is 25.2 Å². The number of rotatable bonds is 5. The second-order valence-electron chi connectivity index (χ2n) is 6.81. The van der Waals surface area contributed by atoms with Crippen molar-refractivity contribution in [3.05, 3.63) is 52.0 Å². The van der Waals surface area contributed by atoms with Crippen molar-refractivity contribution in [2.75, 3.05) is 19.1 Å². The fourth-order valence-electron chi connectivity index (χ4n) is 3.64. The molecule has 0 saturated heterocycles. The molecule has 2 amide bonds. The van der Waals surface area contributed by atoms with Gasteiger partial charge in [-0.15, -0.1) is 0 Å². The number of aromatic amines is 1. The average Bonchev–Trinajstić information content (AvgIpc) is 3.34. The number of para-hydroxylation sites is 1. The molecule has 1 atom stereocenters. The highest BCUT2D eigenvalue weighted by Gasteiger charge is 2.50. The van der Waals surface area contributed by atoms with Gasteiger partial charge in [0.1, 0.15) is 17.0 Å². The topological polar surface area (TPSA) is 134 Å². The number of fused-ring (bicyclic) bond motifs is 1. The van der Waals surface area contributed by atoms with Crippen LogP contribution in [0.15, 0.2) is 45.9 Å². The van der Waals surface area contributed by atoms with Crippen LogP contribution in [-0.4, -0.2) is 41.3 Å². The van der Waals surface area contributed by atoms with Crippen LogP contribution in [0, 0.1) is 6.92 Å². The van der Waals surface area contributed by atoms with Crippen molar-refractivity contribution >= 4 is 50.4 Å². The Labute approximate surface area is 180 Å². The molecule has 2 aromatic carbocycles. The van der Waals surface area contributed by atoms with Gasteiger partial charge < -0.3 is 15.5 Å². The van der Waals surface area contributed by atoms with E-state index in [-0.39, 0.29) is 18.3 Å². The molecule has 0 saturated carbocycles. The van der Waals surface area contributed by atoms with Gasteiger partial charge in [-0.1, -0.05) is 28.1 Å². The van der Waals surface area contributed by atoms with Crippen LogP contribution < -0.4 is 21.1 Å². The number of hydrogen-bond donors (Lipinski definition) is 4. The number of anilines is 1. The summed E-state index contributed by atoms with van der Waals surface area (Å²) in [5.74, 6) is -0.531. The van der Waals surface area contributed by atoms with Crippen molar-refractivity contribution in [2.24, 2.45) is 10.7 Å². The first-order valence-electron chi connectivity index (χ1n) is 9.07. The van der Waals surface area contributed by atoms with Crippen molar-refractivity contribution in [1.82, 2.24) is 15.3 Å². The maximum Gasteiger partial charge on any atom is 0.274 e. The highest BCUT2D eigenvalue weighted by molar-refractivity contribution is 9.10. The Hall–Kier alpha value is -3.24. The summed E-state index contributed by atoms with van der Waals surface area (Å²) < 4.78 is 6.05. The van der Waals surface area contributed by atoms with Crippen molar-refractivity contribution in [3.63, 3.8) is 0 Å². The number of nitrogens with two attached hydrogens (primary N) is 1. The second kappa shape index (κ2) is 7.54. The van der Waals surface area contributed by atoms with Crippen molar-refractivity contribution in [1.29, 1.82) is 0 Å². The van der Waals surface area contributed by atoms with E-state index in [1.54, 1.807) is 19.2 Å². The summed E-state index contributed by atoms with van der Waals surface area (Å²) in [5, 5.41) is 5.69. The fraction of sp³-hybridized carbons (Fsp3) is 0.200. The number of imidazole rings is 1. The number of aliphatic imine (C=N–C) groups is 1. The normalized spacial score (nSPS) is 18.3. The number of hydrogen-bond acceptors (Lipinski definition) is 6. The summed E-state index contributed by atoms with van der Waals surface area (Å²) >= 11 is 3.41. The number of aryl methyl sites for hydroxylation is 1. The van der Waals surface area contributed by atoms with E-state index < -0.39 is 17.4 Å². The number of amides is 2. The SMILES string of the molecule is COc1cccc2[nH]c(NC(=O)C3=NCNC3(C(N)=O)c3cc(Br)ccc3C)nc12. The van der Waals surface area contributed by atoms with E-state index in [0.717, 1.165) is 10.0 Å². The van der Waals surface area contributed by atoms with Crippen molar-refractivity contribution in [2.45, 2.75) is 12.5 Å². The molecule has 0 bridgehead atoms. The van der Waals surface area contributed by atoms with Gasteiger partial charge in [-0.05, 0) is 42.3 Å². The van der Waals surface area contributed by atoms with Gasteiger partial charge in [0.2, 0.25) is 11.9 Å². The first kappa shape index (κ1) is 20.0. The molecule has 2 heterocycles. The van der Waals surface area contributed by atoms with Gasteiger partial charge in [0.15, 0.2) is 5.54 Å². The number of primary amides is 1. The molecule has 0 fully saturated rings. The Bertz CT molecular complexity index is 1200. The van der Waals surface area contributed by atoms with E-state index in [1.807, 2.05) is 31.2 Å². The van der Waals surface area contributed by atoms with Crippen LogP contribution in [0.4, 0.5) is 5.95 Å². The number of nitrogens with one attached hydrogen (secondary N) is 3. The summed E-state index contributed by atoms with van der Waals surface area (Å²) in [4.78, 5) is 37.4. The molecular weight excluding hydrogens is 452 g/mol. The van der Waals surface area contributed by atoms with Gasteiger partial charge in [-0.25, -0.2) is 4.98 Å². The molecule has 30 heavy (non-hydrogen) atoms. The van der Waals surface area contributed by atoms with Crippen LogP contribution in [0.5, 0.6) is 5.75 Å². The first-order chi connectivity index (χ1) is 14.4. The van der Waals surface area contributed by atoms with Crippen LogP contribution in [0.1, 0.15) is 11.1 Å². The van der Waals surface area contributed by atoms with E-state index in [2.05, 4.69) is 41.5 Å². The minimum atomic E-state index is -1.55. The Morgan fingerprint density at radius 3 is 2.83 bits per heavy atom. The fourth-order valence-corrected chi connectivity index (χ4v) is 4.00. The molecule has 1 aliphatic heterocycles. The molecule has 10 heteroatoms. The van der Waals surface area contributed by atoms with Crippen LogP contribution in [-0.2, 0) is 15.1 Å². The summed E-state index contributed by atoms with van der Waals surface area (Å²) in [6, 6.07) is 10.8. The molecule has 1 unspecified atom stereocenters. The summed E-state index contributed by atoms with van der Waals surface area (Å²) in [6.07, 6.45) is 0. The lowest BCUT2D eigenvalue weighted by molar-refractivity contribution is -0.123. The second-order valence-corrected chi connectivity index (χ2v) is 7.73. The van der Waals surface area contributed by atoms with E-state index in [1.165, 1.54) is 0 Å². The Morgan fingerprint density at radius 1 is 1.30 bits per heavy atom. The Balaban J connectivity index is 1.72. The zero-order valence-corrected chi connectivity index (χ0v) is 17.8. The summed E-state index contributed by atoms with van der Waals surface area (Å²) in [5.41, 5.74) is 6.83. The largest absolute Gasteiger partial charge is 0.494 e. The predicted octanol–water partition coefficient (Wildman–Crippen LogP) is 1.96. The number of aromatic nitrogens is 2. The van der Waals surface area contributed by atoms with E-state index in [4.69, 9.17) is 10.5 Å². The third kappa shape index (κ3) is 3.14. The molecule has 0 spiro atoms. The monoisotopic (exact) mass is 470 g/mol. The minimum Gasteiger partial charge on any atom is -0.494 e. The maximum atomic E-state index is 13.1. The number of H-pyrrole nitrogens is 1. The third-order valence-electron chi connectivity index (χ3n) is 5.05. The van der Waals surface area contributed by atoms with Crippen molar-refractivity contribution in [3.8, 4) is 5.75 Å². The highest BCUT2D eigenvalue weighted by Crippen LogP contribution is 2.32. The lowest BCUT2D eigenvalue weighted by Crippen LogP contribution is -2.58. The Morgan fingerprint density at radius 2 is 2.10 bits per heavy atom. The van der Waals surface area contributed by atoms with E-state index in [9.17, 15) is 9.59 Å². The molecule has 5 N–H and O–H groups in total. The smallest absolute Gasteiger partial charge is 0.274 e. The first-order valence-corrected chi connectivity index (χ1v) is 9.86. The van der Waals surface area contributed by atoms with Gasteiger partial charge in [-0.2, -0.15) is 0 Å². The van der Waals surface area contributed by atoms with Gasteiger partial charge in [0.05, 0.1) is 19.3 Å². The van der Waals surface area contributed by atoms with Gasteiger partial charge in [0, 0.05) is 4.47 Å². The Kier molecular flexibility index (Phi) is 5.04. The number of carbonyl (C=O) groups excluding carboxylic acids is 2. The summed E-state index contributed by atoms with van der Waals surface area (Å²) in [6.45, 7) is 1.92. The zero-order chi connectivity index (χ0) is 21.5. The predicted molar refractivity (Wildman–Crippen MR) is 116 cm³/mol. The van der Waals surface area contributed by atoms with Crippen LogP contribution in [0.3, 0.4) is 0 Å². The average molecular weight is 471 g/mol. The lowest BCUT2D eigenvalue weighted by Gasteiger charge is -2.29. The number of benzene rings is 2. The molecule has 3 aromatic rings. The molecule has 0 aliphatic carbocycles. The molecule has 0 radical (unpaired) electrons. The minimum absolute atomic E-state index is 0.0244. The van der Waals surface area contributed by atoms with Gasteiger partial charge in [0.25, 0.3) is 5.91 Å². The van der Waals surface area contributed by atoms with Crippen molar-refractivity contribution < 1.29 is 14.3 Å². The lowest BCUT2D eigenvalue weighted by atomic mass is 9.82. The molecular formula is C20H19BrN6O3. The molecule has 1 aromatic heterocycles. The van der Waals surface area contributed by atoms with Crippen LogP contribution in [0.2, 0.25) is 0 Å². The third-order valence-corrected chi connectivity index (χ3v) is 5.55. The van der Waals surface area contributed by atoms with Crippen LogP contribution in [0.25, 0.3) is 11.0 Å². The molecule has 4 rings (SSSR count). The van der Waals surface area contributed by atoms with Gasteiger partial charge >= 0.3 is 0 Å².